The predicted molar refractivity (Wildman–Crippen MR) is 259 cm³/mol. The molecule has 0 fully saturated rings. The van der Waals surface area contributed by atoms with Crippen LogP contribution in [0.15, 0.2) is 224 Å². The van der Waals surface area contributed by atoms with Gasteiger partial charge in [-0.05, 0) is 95.4 Å². The smallest absolute Gasteiger partial charge is 0.160 e. The van der Waals surface area contributed by atoms with Crippen molar-refractivity contribution < 1.29 is 0 Å². The quantitative estimate of drug-likeness (QED) is 0.124. The molecule has 0 saturated carbocycles. The molecule has 2 heteroatoms. The molecule has 0 saturated heterocycles. The number of hydrogen-bond acceptors (Lipinski definition) is 2. The molecule has 0 amide bonds. The zero-order valence-corrected chi connectivity index (χ0v) is 34.3. The Morgan fingerprint density at radius 3 is 1.65 bits per heavy atom. The van der Waals surface area contributed by atoms with Crippen molar-refractivity contribution >= 4 is 32.3 Å². The van der Waals surface area contributed by atoms with E-state index in [0.29, 0.717) is 5.82 Å². The zero-order chi connectivity index (χ0) is 41.2. The number of fused-ring (bicyclic) bond motifs is 7. The molecule has 10 aromatic carbocycles. The maximum absolute atomic E-state index is 5.35. The van der Waals surface area contributed by atoms with Gasteiger partial charge in [0.15, 0.2) is 5.82 Å². The second kappa shape index (κ2) is 14.4. The van der Waals surface area contributed by atoms with Crippen molar-refractivity contribution in [3.05, 3.63) is 241 Å². The molecule has 290 valence electrons. The normalized spacial score (nSPS) is 14.3. The lowest BCUT2D eigenvalue weighted by Gasteiger charge is -2.28. The lowest BCUT2D eigenvalue weighted by atomic mass is 9.74. The first-order valence-electron chi connectivity index (χ1n) is 21.4. The van der Waals surface area contributed by atoms with E-state index in [1.165, 1.54) is 82.4 Å². The maximum atomic E-state index is 5.35. The Morgan fingerprint density at radius 2 is 0.887 bits per heavy atom. The van der Waals surface area contributed by atoms with E-state index < -0.39 is 0 Å². The van der Waals surface area contributed by atoms with E-state index in [1.807, 2.05) is 6.07 Å². The van der Waals surface area contributed by atoms with E-state index in [4.69, 9.17) is 9.97 Å². The molecule has 0 aliphatic heterocycles. The molecule has 1 atom stereocenters. The molecule has 1 aliphatic carbocycles. The summed E-state index contributed by atoms with van der Waals surface area (Å²) in [5, 5.41) is 7.49. The van der Waals surface area contributed by atoms with Gasteiger partial charge < -0.3 is 0 Å². The molecule has 0 radical (unpaired) electrons. The number of nitrogens with zero attached hydrogens (tertiary/aromatic N) is 2. The average Bonchev–Trinajstić information content (AvgIpc) is 3.62. The summed E-state index contributed by atoms with van der Waals surface area (Å²) in [6, 6.07) is 81.2. The largest absolute Gasteiger partial charge is 0.228 e. The minimum Gasteiger partial charge on any atom is -0.228 e. The van der Waals surface area contributed by atoms with E-state index in [1.54, 1.807) is 0 Å². The molecule has 1 heterocycles. The summed E-state index contributed by atoms with van der Waals surface area (Å²) >= 11 is 0. The van der Waals surface area contributed by atoms with E-state index in [9.17, 15) is 0 Å². The monoisotopic (exact) mass is 788 g/mol. The van der Waals surface area contributed by atoms with Crippen LogP contribution in [0.5, 0.6) is 0 Å². The average molecular weight is 789 g/mol. The molecular formula is C60H40N2. The number of rotatable bonds is 6. The van der Waals surface area contributed by atoms with Crippen LogP contribution in [-0.4, -0.2) is 9.97 Å². The molecular weight excluding hydrogens is 749 g/mol. The molecule has 0 bridgehead atoms. The van der Waals surface area contributed by atoms with Gasteiger partial charge in [-0.3, -0.25) is 0 Å². The summed E-state index contributed by atoms with van der Waals surface area (Å²) in [6.07, 6.45) is 0. The van der Waals surface area contributed by atoms with Crippen molar-refractivity contribution in [2.45, 2.75) is 12.3 Å². The second-order valence-electron chi connectivity index (χ2n) is 16.5. The van der Waals surface area contributed by atoms with Gasteiger partial charge >= 0.3 is 0 Å². The van der Waals surface area contributed by atoms with Crippen LogP contribution in [0.25, 0.3) is 99.6 Å². The highest BCUT2D eigenvalue weighted by Crippen LogP contribution is 2.55. The van der Waals surface area contributed by atoms with Gasteiger partial charge in [-0.2, -0.15) is 0 Å². The molecule has 62 heavy (non-hydrogen) atoms. The molecule has 1 unspecified atom stereocenters. The number of benzene rings is 10. The Balaban J connectivity index is 1.05. The third-order valence-electron chi connectivity index (χ3n) is 13.2. The highest BCUT2D eigenvalue weighted by Gasteiger charge is 2.41. The lowest BCUT2D eigenvalue weighted by molar-refractivity contribution is 0.714. The highest BCUT2D eigenvalue weighted by molar-refractivity contribution is 6.27. The SMILES string of the molecule is CC1(c2ccccc2)c2ccccc2-c2c(-c3cc(-c4ccc(-c5c6ccccc6c(-c6ccccc6)c6c5ccc5ccccc56)cc4)nc(-c4ccccc4)n3)cccc21. The van der Waals surface area contributed by atoms with Crippen LogP contribution in [0.3, 0.4) is 0 Å². The van der Waals surface area contributed by atoms with Gasteiger partial charge in [0.05, 0.1) is 11.4 Å². The minimum atomic E-state index is -0.308. The lowest BCUT2D eigenvalue weighted by Crippen LogP contribution is -2.22. The van der Waals surface area contributed by atoms with Crippen molar-refractivity contribution in [3.63, 3.8) is 0 Å². The maximum Gasteiger partial charge on any atom is 0.160 e. The van der Waals surface area contributed by atoms with Crippen LogP contribution in [0.2, 0.25) is 0 Å². The second-order valence-corrected chi connectivity index (χ2v) is 16.5. The first kappa shape index (κ1) is 36.0. The standard InChI is InChI=1S/C60H40N2/c1-60(44-23-9-4-10-24-44)51-30-16-15-28-48(51)57-49(29-17-31-52(57)60)54-38-53(61-59(62-54)43-21-7-3-8-22-43)40-32-34-42(35-33-40)55-46-26-13-14-27-47(46)56(41-19-5-2-6-20-41)58-45-25-12-11-18-39(45)36-37-50(55)58/h2-38H,1H3. The Morgan fingerprint density at radius 1 is 0.339 bits per heavy atom. The molecule has 1 aliphatic rings. The minimum absolute atomic E-state index is 0.308. The summed E-state index contributed by atoms with van der Waals surface area (Å²) in [5.74, 6) is 0.706. The summed E-state index contributed by atoms with van der Waals surface area (Å²) in [4.78, 5) is 10.6. The fourth-order valence-electron chi connectivity index (χ4n) is 10.3. The molecule has 0 spiro atoms. The summed E-state index contributed by atoms with van der Waals surface area (Å²) in [5.41, 5.74) is 15.9. The predicted octanol–water partition coefficient (Wildman–Crippen LogP) is 15.6. The molecule has 2 nitrogen and oxygen atoms in total. The topological polar surface area (TPSA) is 25.8 Å². The Labute approximate surface area is 361 Å². The first-order valence-corrected chi connectivity index (χ1v) is 21.4. The van der Waals surface area contributed by atoms with Crippen molar-refractivity contribution in [2.75, 3.05) is 0 Å². The van der Waals surface area contributed by atoms with Crippen molar-refractivity contribution in [1.29, 1.82) is 0 Å². The highest BCUT2D eigenvalue weighted by atomic mass is 14.9. The van der Waals surface area contributed by atoms with Gasteiger partial charge in [0.25, 0.3) is 0 Å². The van der Waals surface area contributed by atoms with E-state index >= 15 is 0 Å². The van der Waals surface area contributed by atoms with Crippen LogP contribution in [-0.2, 0) is 5.41 Å². The van der Waals surface area contributed by atoms with Crippen molar-refractivity contribution in [3.8, 4) is 67.3 Å². The van der Waals surface area contributed by atoms with E-state index in [2.05, 4.69) is 225 Å². The first-order chi connectivity index (χ1) is 30.6. The number of aromatic nitrogens is 2. The van der Waals surface area contributed by atoms with Gasteiger partial charge in [-0.1, -0.05) is 218 Å². The molecule has 1 aromatic heterocycles. The molecule has 11 aromatic rings. The fraction of sp³-hybridized carbons (Fsp3) is 0.0333. The fourth-order valence-corrected chi connectivity index (χ4v) is 10.3. The van der Waals surface area contributed by atoms with Gasteiger partial charge in [0, 0.05) is 22.1 Å². The van der Waals surface area contributed by atoms with Crippen molar-refractivity contribution in [1.82, 2.24) is 9.97 Å². The summed E-state index contributed by atoms with van der Waals surface area (Å²) in [6.45, 7) is 2.36. The van der Waals surface area contributed by atoms with Crippen LogP contribution < -0.4 is 0 Å². The third kappa shape index (κ3) is 5.57. The molecule has 0 N–H and O–H groups in total. The van der Waals surface area contributed by atoms with E-state index in [0.717, 1.165) is 28.1 Å². The van der Waals surface area contributed by atoms with Gasteiger partial charge in [-0.25, -0.2) is 9.97 Å². The van der Waals surface area contributed by atoms with Gasteiger partial charge in [0.2, 0.25) is 0 Å². The Hall–Kier alpha value is -7.94. The van der Waals surface area contributed by atoms with Crippen LogP contribution in [0.4, 0.5) is 0 Å². The summed E-state index contributed by atoms with van der Waals surface area (Å²) < 4.78 is 0. The Bertz CT molecular complexity index is 3500. The van der Waals surface area contributed by atoms with Crippen molar-refractivity contribution in [2.24, 2.45) is 0 Å². The Kier molecular flexibility index (Phi) is 8.33. The van der Waals surface area contributed by atoms with Crippen LogP contribution >= 0.6 is 0 Å². The molecule has 12 rings (SSSR count). The van der Waals surface area contributed by atoms with Crippen LogP contribution in [0.1, 0.15) is 23.6 Å². The van der Waals surface area contributed by atoms with Gasteiger partial charge in [0.1, 0.15) is 0 Å². The summed E-state index contributed by atoms with van der Waals surface area (Å²) in [7, 11) is 0. The third-order valence-corrected chi connectivity index (χ3v) is 13.2. The zero-order valence-electron chi connectivity index (χ0n) is 34.3. The van der Waals surface area contributed by atoms with E-state index in [-0.39, 0.29) is 5.41 Å². The van der Waals surface area contributed by atoms with Crippen LogP contribution in [0, 0.1) is 0 Å². The number of hydrogen-bond donors (Lipinski definition) is 0. The van der Waals surface area contributed by atoms with Gasteiger partial charge in [-0.15, -0.1) is 0 Å².